The highest BCUT2D eigenvalue weighted by Crippen LogP contribution is 2.39. The number of hydrogen-bond donors (Lipinski definition) is 1. The third-order valence-electron chi connectivity index (χ3n) is 2.65. The van der Waals surface area contributed by atoms with Crippen LogP contribution in [-0.2, 0) is 0 Å². The quantitative estimate of drug-likeness (QED) is 0.764. The van der Waals surface area contributed by atoms with E-state index in [0.29, 0.717) is 5.82 Å². The Morgan fingerprint density at radius 2 is 1.94 bits per heavy atom. The molecule has 0 saturated carbocycles. The molecule has 3 aromatic heterocycles. The predicted octanol–water partition coefficient (Wildman–Crippen LogP) is 3.36. The van der Waals surface area contributed by atoms with Crippen molar-refractivity contribution in [1.29, 1.82) is 0 Å². The average molecular weight is 257 g/mol. The molecule has 3 heterocycles. The Balaban J connectivity index is 2.18. The number of anilines is 1. The number of nitrogens with zero attached hydrogens (tertiary/aromatic N) is 2. The minimum absolute atomic E-state index is 0.405. The number of aryl methyl sites for hydroxylation is 1. The number of thiophene rings is 1. The van der Waals surface area contributed by atoms with Crippen molar-refractivity contribution in [1.82, 2.24) is 10.1 Å². The van der Waals surface area contributed by atoms with Gasteiger partial charge in [-0.2, -0.15) is 0 Å². The van der Waals surface area contributed by atoms with Crippen LogP contribution >= 0.6 is 11.3 Å². The van der Waals surface area contributed by atoms with Gasteiger partial charge in [-0.15, -0.1) is 11.3 Å². The van der Waals surface area contributed by atoms with E-state index < -0.39 is 0 Å². The summed E-state index contributed by atoms with van der Waals surface area (Å²) in [7, 11) is 0. The molecule has 0 fully saturated rings. The maximum absolute atomic E-state index is 5.90. The smallest absolute Gasteiger partial charge is 0.186 e. The fourth-order valence-corrected chi connectivity index (χ4v) is 2.68. The molecule has 0 bridgehead atoms. The Hall–Kier alpha value is -2.14. The van der Waals surface area contributed by atoms with Crippen LogP contribution < -0.4 is 5.73 Å². The van der Waals surface area contributed by atoms with Crippen LogP contribution in [0.15, 0.2) is 41.2 Å². The van der Waals surface area contributed by atoms with Gasteiger partial charge in [0.05, 0.1) is 10.4 Å². The zero-order valence-corrected chi connectivity index (χ0v) is 10.6. The minimum atomic E-state index is 0.405. The zero-order valence-electron chi connectivity index (χ0n) is 9.75. The van der Waals surface area contributed by atoms with Gasteiger partial charge in [0.2, 0.25) is 0 Å². The van der Waals surface area contributed by atoms with Gasteiger partial charge >= 0.3 is 0 Å². The SMILES string of the molecule is Cc1ccc(-c2onc(N)c2-c2ccncc2)s1. The lowest BCUT2D eigenvalue weighted by Crippen LogP contribution is -1.88. The van der Waals surface area contributed by atoms with E-state index >= 15 is 0 Å². The van der Waals surface area contributed by atoms with Crippen molar-refractivity contribution in [2.45, 2.75) is 6.92 Å². The Labute approximate surface area is 108 Å². The van der Waals surface area contributed by atoms with Crippen molar-refractivity contribution in [3.8, 4) is 21.8 Å². The molecule has 90 valence electrons. The van der Waals surface area contributed by atoms with Gasteiger partial charge in [0.25, 0.3) is 0 Å². The Morgan fingerprint density at radius 3 is 2.61 bits per heavy atom. The van der Waals surface area contributed by atoms with E-state index in [2.05, 4.69) is 23.1 Å². The molecule has 0 aliphatic heterocycles. The summed E-state index contributed by atoms with van der Waals surface area (Å²) in [5.41, 5.74) is 7.69. The number of nitrogens with two attached hydrogens (primary N) is 1. The van der Waals surface area contributed by atoms with Crippen molar-refractivity contribution < 1.29 is 4.52 Å². The van der Waals surface area contributed by atoms with Crippen LogP contribution in [0.4, 0.5) is 5.82 Å². The largest absolute Gasteiger partial charge is 0.380 e. The summed E-state index contributed by atoms with van der Waals surface area (Å²) in [5, 5.41) is 3.87. The maximum Gasteiger partial charge on any atom is 0.186 e. The summed E-state index contributed by atoms with van der Waals surface area (Å²) in [6, 6.07) is 7.86. The highest BCUT2D eigenvalue weighted by molar-refractivity contribution is 7.15. The molecule has 4 nitrogen and oxygen atoms in total. The lowest BCUT2D eigenvalue weighted by molar-refractivity contribution is 0.437. The van der Waals surface area contributed by atoms with E-state index in [-0.39, 0.29) is 0 Å². The second kappa shape index (κ2) is 4.27. The van der Waals surface area contributed by atoms with Gasteiger partial charge in [0.15, 0.2) is 11.6 Å². The first-order valence-electron chi connectivity index (χ1n) is 5.48. The zero-order chi connectivity index (χ0) is 12.5. The van der Waals surface area contributed by atoms with Crippen LogP contribution in [0.25, 0.3) is 21.8 Å². The molecule has 0 aliphatic carbocycles. The number of hydrogen-bond acceptors (Lipinski definition) is 5. The predicted molar refractivity (Wildman–Crippen MR) is 72.2 cm³/mol. The first kappa shape index (κ1) is 11.0. The normalized spacial score (nSPS) is 10.7. The van der Waals surface area contributed by atoms with E-state index in [0.717, 1.165) is 21.8 Å². The summed E-state index contributed by atoms with van der Waals surface area (Å²) in [6.45, 7) is 2.06. The molecular weight excluding hydrogens is 246 g/mol. The minimum Gasteiger partial charge on any atom is -0.380 e. The first-order valence-corrected chi connectivity index (χ1v) is 6.29. The van der Waals surface area contributed by atoms with Crippen LogP contribution in [0.1, 0.15) is 4.88 Å². The molecule has 3 rings (SSSR count). The van der Waals surface area contributed by atoms with Crippen molar-refractivity contribution in [3.05, 3.63) is 41.5 Å². The van der Waals surface area contributed by atoms with Gasteiger partial charge in [-0.3, -0.25) is 4.98 Å². The second-order valence-corrected chi connectivity index (χ2v) is 5.21. The second-order valence-electron chi connectivity index (χ2n) is 3.92. The topological polar surface area (TPSA) is 64.9 Å². The monoisotopic (exact) mass is 257 g/mol. The Kier molecular flexibility index (Phi) is 2.60. The summed E-state index contributed by atoms with van der Waals surface area (Å²) >= 11 is 1.66. The third kappa shape index (κ3) is 1.78. The van der Waals surface area contributed by atoms with Gasteiger partial charge in [0.1, 0.15) is 0 Å². The summed E-state index contributed by atoms with van der Waals surface area (Å²) < 4.78 is 5.36. The standard InChI is InChI=1S/C13H11N3OS/c1-8-2-3-10(18-8)12-11(13(14)16-17-12)9-4-6-15-7-5-9/h2-7H,1H3,(H2,14,16). The Bertz CT molecular complexity index is 673. The summed E-state index contributed by atoms with van der Waals surface area (Å²) in [6.07, 6.45) is 3.45. The number of aromatic nitrogens is 2. The maximum atomic E-state index is 5.90. The van der Waals surface area contributed by atoms with Crippen LogP contribution in [0, 0.1) is 6.92 Å². The molecule has 0 saturated heterocycles. The summed E-state index contributed by atoms with van der Waals surface area (Å²) in [4.78, 5) is 6.26. The molecule has 0 atom stereocenters. The molecule has 5 heteroatoms. The molecule has 0 spiro atoms. The lowest BCUT2D eigenvalue weighted by Gasteiger charge is -1.99. The highest BCUT2D eigenvalue weighted by atomic mass is 32.1. The molecule has 0 aliphatic rings. The summed E-state index contributed by atoms with van der Waals surface area (Å²) in [5.74, 6) is 1.12. The Morgan fingerprint density at radius 1 is 1.17 bits per heavy atom. The number of rotatable bonds is 2. The molecule has 2 N–H and O–H groups in total. The van der Waals surface area contributed by atoms with Crippen LogP contribution in [0.3, 0.4) is 0 Å². The molecular formula is C13H11N3OS. The van der Waals surface area contributed by atoms with Gasteiger partial charge in [-0.25, -0.2) is 0 Å². The number of nitrogen functional groups attached to an aromatic ring is 1. The first-order chi connectivity index (χ1) is 8.75. The van der Waals surface area contributed by atoms with E-state index in [4.69, 9.17) is 10.3 Å². The molecule has 0 aromatic carbocycles. The molecule has 0 unspecified atom stereocenters. The van der Waals surface area contributed by atoms with Gasteiger partial charge in [0, 0.05) is 17.3 Å². The average Bonchev–Trinajstić information content (AvgIpc) is 2.96. The van der Waals surface area contributed by atoms with Crippen LogP contribution in [-0.4, -0.2) is 10.1 Å². The van der Waals surface area contributed by atoms with Crippen LogP contribution in [0.2, 0.25) is 0 Å². The molecule has 0 radical (unpaired) electrons. The van der Waals surface area contributed by atoms with Crippen molar-refractivity contribution in [3.63, 3.8) is 0 Å². The van der Waals surface area contributed by atoms with Crippen molar-refractivity contribution in [2.75, 3.05) is 5.73 Å². The van der Waals surface area contributed by atoms with E-state index in [9.17, 15) is 0 Å². The van der Waals surface area contributed by atoms with Gasteiger partial charge < -0.3 is 10.3 Å². The van der Waals surface area contributed by atoms with Crippen LogP contribution in [0.5, 0.6) is 0 Å². The van der Waals surface area contributed by atoms with Gasteiger partial charge in [-0.05, 0) is 36.8 Å². The van der Waals surface area contributed by atoms with Gasteiger partial charge in [-0.1, -0.05) is 5.16 Å². The highest BCUT2D eigenvalue weighted by Gasteiger charge is 2.18. The van der Waals surface area contributed by atoms with Crippen molar-refractivity contribution in [2.24, 2.45) is 0 Å². The fraction of sp³-hybridized carbons (Fsp3) is 0.0769. The molecule has 3 aromatic rings. The lowest BCUT2D eigenvalue weighted by atomic mass is 10.1. The van der Waals surface area contributed by atoms with Crippen molar-refractivity contribution >= 4 is 17.2 Å². The van der Waals surface area contributed by atoms with E-state index in [1.807, 2.05) is 18.2 Å². The molecule has 0 amide bonds. The van der Waals surface area contributed by atoms with E-state index in [1.54, 1.807) is 23.7 Å². The third-order valence-corrected chi connectivity index (χ3v) is 3.65. The van der Waals surface area contributed by atoms with E-state index in [1.165, 1.54) is 4.88 Å². The number of pyridine rings is 1. The molecule has 18 heavy (non-hydrogen) atoms. The fourth-order valence-electron chi connectivity index (χ4n) is 1.82.